The molecular weight excluding hydrogens is 670 g/mol. The van der Waals surface area contributed by atoms with E-state index in [2.05, 4.69) is 25.8 Å². The van der Waals surface area contributed by atoms with Crippen molar-refractivity contribution in [2.75, 3.05) is 45.2 Å². The Morgan fingerprint density at radius 1 is 0.653 bits per heavy atom. The van der Waals surface area contributed by atoms with E-state index in [0.29, 0.717) is 5.56 Å². The van der Waals surface area contributed by atoms with Gasteiger partial charge in [0.25, 0.3) is 10.1 Å². The van der Waals surface area contributed by atoms with Crippen LogP contribution in [0.15, 0.2) is 55.7 Å². The average molecular weight is 700 g/mol. The highest BCUT2D eigenvalue weighted by Crippen LogP contribution is 2.44. The molecule has 0 saturated carbocycles. The Morgan fingerprint density at radius 2 is 1.10 bits per heavy atom. The molecule has 3 rings (SSSR count). The van der Waals surface area contributed by atoms with Crippen LogP contribution in [0.4, 0.5) is 39.8 Å². The number of rotatable bonds is 10. The lowest BCUT2D eigenvalue weighted by Gasteiger charge is -2.13. The Kier molecular flexibility index (Phi) is 11.4. The van der Waals surface area contributed by atoms with Gasteiger partial charge in [0, 0.05) is 6.92 Å². The number of nitrogen functional groups attached to an aromatic ring is 2. The molecule has 0 unspecified atom stereocenters. The van der Waals surface area contributed by atoms with Gasteiger partial charge >= 0.3 is 23.9 Å². The van der Waals surface area contributed by atoms with E-state index in [1.165, 1.54) is 13.0 Å². The van der Waals surface area contributed by atoms with Crippen molar-refractivity contribution in [3.63, 3.8) is 0 Å². The fourth-order valence-electron chi connectivity index (χ4n) is 4.18. The molecule has 0 radical (unpaired) electrons. The lowest BCUT2D eigenvalue weighted by Crippen LogP contribution is -2.14. The summed E-state index contributed by atoms with van der Waals surface area (Å²) in [6.45, 7) is 2.68. The molecule has 19 nitrogen and oxygen atoms in total. The summed E-state index contributed by atoms with van der Waals surface area (Å²) < 4.78 is 53.5. The monoisotopic (exact) mass is 699 g/mol. The number of methoxy groups -OCH3 is 4. The third-order valence-electron chi connectivity index (χ3n) is 6.53. The van der Waals surface area contributed by atoms with Gasteiger partial charge in [0.1, 0.15) is 27.6 Å². The van der Waals surface area contributed by atoms with Crippen LogP contribution in [0.2, 0.25) is 0 Å². The van der Waals surface area contributed by atoms with Crippen LogP contribution < -0.4 is 16.8 Å². The highest BCUT2D eigenvalue weighted by Gasteiger charge is 2.25. The van der Waals surface area contributed by atoms with Gasteiger partial charge in [-0.1, -0.05) is 0 Å². The van der Waals surface area contributed by atoms with E-state index in [1.54, 1.807) is 0 Å². The number of nitrogens with one attached hydrogen (secondary N) is 1. The van der Waals surface area contributed by atoms with Gasteiger partial charge in [0.05, 0.1) is 67.8 Å². The van der Waals surface area contributed by atoms with Crippen LogP contribution in [0, 0.1) is 6.92 Å². The number of aryl methyl sites for hydroxylation is 1. The molecule has 3 aromatic rings. The quantitative estimate of drug-likeness (QED) is 0.0752. The molecule has 0 spiro atoms. The van der Waals surface area contributed by atoms with Gasteiger partial charge in [0.15, 0.2) is 0 Å². The molecule has 3 aromatic carbocycles. The van der Waals surface area contributed by atoms with Gasteiger partial charge in [-0.05, 0) is 42.8 Å². The number of nitrogens with zero attached hydrogens (tertiary/aromatic N) is 4. The molecule has 0 fully saturated rings. The molecule has 0 aliphatic rings. The van der Waals surface area contributed by atoms with E-state index in [-0.39, 0.29) is 39.3 Å². The summed E-state index contributed by atoms with van der Waals surface area (Å²) in [6, 6.07) is 5.30. The second-order valence-electron chi connectivity index (χ2n) is 9.69. The summed E-state index contributed by atoms with van der Waals surface area (Å²) in [7, 11) is -0.716. The van der Waals surface area contributed by atoms with Gasteiger partial charge in [-0.2, -0.15) is 8.42 Å². The van der Waals surface area contributed by atoms with E-state index in [1.807, 2.05) is 0 Å². The smallest absolute Gasteiger partial charge is 0.340 e. The van der Waals surface area contributed by atoms with Crippen molar-refractivity contribution in [2.24, 2.45) is 20.5 Å². The number of nitrogens with two attached hydrogens (primary N) is 2. The molecule has 0 heterocycles. The SMILES string of the molecule is COC(=O)c1cc(N=Nc2c(N)c(N=Nc3cc(C(=O)OC)c(NC(C)=O)cc3C(=O)OC)cc(S(=O)(=O)O)c2N)c(C(=O)OC)cc1C. The molecule has 0 aliphatic carbocycles. The zero-order valence-electron chi connectivity index (χ0n) is 26.7. The number of azo groups is 2. The molecule has 20 heteroatoms. The molecule has 1 amide bonds. The van der Waals surface area contributed by atoms with Gasteiger partial charge in [0.2, 0.25) is 5.91 Å². The normalized spacial score (nSPS) is 11.3. The number of carbonyl (C=O) groups is 5. The zero-order valence-corrected chi connectivity index (χ0v) is 27.5. The third-order valence-corrected chi connectivity index (χ3v) is 7.42. The third kappa shape index (κ3) is 8.18. The number of hydrogen-bond donors (Lipinski definition) is 4. The first-order valence-corrected chi connectivity index (χ1v) is 14.9. The fraction of sp³-hybridized carbons (Fsp3) is 0.207. The van der Waals surface area contributed by atoms with E-state index >= 15 is 0 Å². The van der Waals surface area contributed by atoms with Crippen LogP contribution in [0.5, 0.6) is 0 Å². The van der Waals surface area contributed by atoms with E-state index in [0.717, 1.165) is 59.6 Å². The van der Waals surface area contributed by atoms with Gasteiger partial charge < -0.3 is 35.7 Å². The van der Waals surface area contributed by atoms with Crippen molar-refractivity contribution in [3.8, 4) is 0 Å². The molecule has 49 heavy (non-hydrogen) atoms. The molecular formula is C29H29N7O12S. The van der Waals surface area contributed by atoms with Crippen molar-refractivity contribution >= 4 is 79.7 Å². The molecule has 0 bridgehead atoms. The molecule has 0 aliphatic heterocycles. The Hall–Kier alpha value is -6.28. The predicted octanol–water partition coefficient (Wildman–Crippen LogP) is 4.34. The number of ether oxygens (including phenoxy) is 4. The first-order valence-electron chi connectivity index (χ1n) is 13.4. The Morgan fingerprint density at radius 3 is 1.61 bits per heavy atom. The summed E-state index contributed by atoms with van der Waals surface area (Å²) in [5, 5.41) is 18.1. The van der Waals surface area contributed by atoms with Crippen LogP contribution >= 0.6 is 0 Å². The summed E-state index contributed by atoms with van der Waals surface area (Å²) in [5.41, 5.74) is 8.98. The topological polar surface area (TPSA) is 290 Å². The van der Waals surface area contributed by atoms with Crippen molar-refractivity contribution in [1.82, 2.24) is 0 Å². The van der Waals surface area contributed by atoms with Crippen LogP contribution in [-0.4, -0.2) is 71.2 Å². The number of hydrogen-bond acceptors (Lipinski definition) is 17. The Bertz CT molecular complexity index is 2060. The number of esters is 4. The first kappa shape index (κ1) is 37.2. The highest BCUT2D eigenvalue weighted by molar-refractivity contribution is 7.86. The van der Waals surface area contributed by atoms with Gasteiger partial charge in [-0.15, -0.1) is 20.5 Å². The maximum Gasteiger partial charge on any atom is 0.340 e. The van der Waals surface area contributed by atoms with Crippen molar-refractivity contribution in [1.29, 1.82) is 0 Å². The largest absolute Gasteiger partial charge is 0.465 e. The molecule has 0 aromatic heterocycles. The van der Waals surface area contributed by atoms with Crippen molar-refractivity contribution in [2.45, 2.75) is 18.7 Å². The van der Waals surface area contributed by atoms with Crippen molar-refractivity contribution < 1.29 is 55.9 Å². The second-order valence-corrected chi connectivity index (χ2v) is 11.1. The minimum atomic E-state index is -5.07. The van der Waals surface area contributed by atoms with Crippen LogP contribution in [0.3, 0.4) is 0 Å². The lowest BCUT2D eigenvalue weighted by molar-refractivity contribution is -0.114. The molecule has 0 atom stereocenters. The van der Waals surface area contributed by atoms with E-state index in [9.17, 15) is 36.9 Å². The van der Waals surface area contributed by atoms with Crippen molar-refractivity contribution in [3.05, 3.63) is 58.1 Å². The summed E-state index contributed by atoms with van der Waals surface area (Å²) in [6.07, 6.45) is 0. The number of anilines is 3. The van der Waals surface area contributed by atoms with E-state index < -0.39 is 67.5 Å². The summed E-state index contributed by atoms with van der Waals surface area (Å²) in [5.74, 6) is -4.13. The molecule has 258 valence electrons. The first-order chi connectivity index (χ1) is 23.0. The molecule has 0 saturated heterocycles. The molecule has 6 N–H and O–H groups in total. The maximum atomic E-state index is 12.6. The minimum absolute atomic E-state index is 0.00322. The Labute approximate surface area is 278 Å². The second kappa shape index (κ2) is 15.1. The highest BCUT2D eigenvalue weighted by atomic mass is 32.2. The maximum absolute atomic E-state index is 12.6. The lowest BCUT2D eigenvalue weighted by atomic mass is 10.0. The van der Waals surface area contributed by atoms with Gasteiger partial charge in [-0.25, -0.2) is 19.2 Å². The number of carbonyl (C=O) groups excluding carboxylic acids is 5. The predicted molar refractivity (Wildman–Crippen MR) is 171 cm³/mol. The van der Waals surface area contributed by atoms with Crippen LogP contribution in [0.1, 0.15) is 53.9 Å². The standard InChI is InChI=1S/C29H29N7O12S/c1-12-7-15(27(39)46-4)19(8-14(12)26(38)45-3)34-36-25-23(30)21(11-22(24(25)31)49(42,43)44)35-33-20-10-16(28(40)47-5)18(32-13(2)37)9-17(20)29(41)48-6/h7-11H,30-31H2,1-6H3,(H,32,37)(H,42,43,44). The van der Waals surface area contributed by atoms with Crippen LogP contribution in [-0.2, 0) is 33.9 Å². The number of amides is 1. The van der Waals surface area contributed by atoms with E-state index in [4.69, 9.17) is 30.4 Å². The fourth-order valence-corrected chi connectivity index (χ4v) is 4.81. The number of benzene rings is 3. The van der Waals surface area contributed by atoms with Crippen LogP contribution in [0.25, 0.3) is 0 Å². The Balaban J connectivity index is 2.32. The zero-order chi connectivity index (χ0) is 36.8. The summed E-state index contributed by atoms with van der Waals surface area (Å²) in [4.78, 5) is 60.7. The summed E-state index contributed by atoms with van der Waals surface area (Å²) >= 11 is 0. The van der Waals surface area contributed by atoms with Gasteiger partial charge in [-0.3, -0.25) is 9.35 Å². The average Bonchev–Trinajstić information content (AvgIpc) is 3.05. The minimum Gasteiger partial charge on any atom is -0.465 e.